The summed E-state index contributed by atoms with van der Waals surface area (Å²) in [6, 6.07) is 5.28. The monoisotopic (exact) mass is 548 g/mol. The van der Waals surface area contributed by atoms with Gasteiger partial charge < -0.3 is 14.6 Å². The highest BCUT2D eigenvalue weighted by Crippen LogP contribution is 2.61. The first-order chi connectivity index (χ1) is 17.0. The molecule has 0 aliphatic heterocycles. The molecule has 210 valence electrons. The van der Waals surface area contributed by atoms with Crippen LogP contribution in [0, 0.1) is 17.3 Å². The van der Waals surface area contributed by atoms with E-state index < -0.39 is 43.4 Å². The van der Waals surface area contributed by atoms with Gasteiger partial charge in [-0.1, -0.05) is 19.4 Å². The minimum atomic E-state index is -6.91. The zero-order valence-electron chi connectivity index (χ0n) is 20.1. The van der Waals surface area contributed by atoms with E-state index in [-0.39, 0.29) is 5.75 Å². The molecule has 5 atom stereocenters. The Morgan fingerprint density at radius 1 is 0.946 bits per heavy atom. The van der Waals surface area contributed by atoms with Gasteiger partial charge in [-0.3, -0.25) is 0 Å². The Hall–Kier alpha value is -1.69. The van der Waals surface area contributed by atoms with Gasteiger partial charge >= 0.3 is 24.1 Å². The van der Waals surface area contributed by atoms with Gasteiger partial charge in [-0.2, -0.15) is 39.5 Å². The Kier molecular flexibility index (Phi) is 7.27. The van der Waals surface area contributed by atoms with Gasteiger partial charge in [0.2, 0.25) is 0 Å². The van der Waals surface area contributed by atoms with E-state index in [2.05, 4.69) is 11.7 Å². The third kappa shape index (κ3) is 4.92. The number of rotatable bonds is 6. The SMILES string of the molecule is C[C@@]12CCC[C@H]1[C@H]1CCc3cc(OCCC(O)OC(C(F)(F)F)(C(F)(F)F)C(F)(F)F)ccc3[C@H]1CC2. The normalized spacial score (nSPS) is 29.3. The maximum atomic E-state index is 13.0. The molecule has 2 saturated carbocycles. The first-order valence-corrected chi connectivity index (χ1v) is 12.3. The van der Waals surface area contributed by atoms with Crippen LogP contribution in [0.3, 0.4) is 0 Å². The molecule has 1 N–H and O–H groups in total. The molecule has 2 fully saturated rings. The van der Waals surface area contributed by atoms with Crippen LogP contribution in [0.2, 0.25) is 0 Å². The Morgan fingerprint density at radius 3 is 2.22 bits per heavy atom. The van der Waals surface area contributed by atoms with E-state index >= 15 is 0 Å². The maximum Gasteiger partial charge on any atom is 0.435 e. The maximum absolute atomic E-state index is 13.0. The molecule has 3 aliphatic carbocycles. The van der Waals surface area contributed by atoms with Crippen LogP contribution in [0.25, 0.3) is 0 Å². The smallest absolute Gasteiger partial charge is 0.435 e. The van der Waals surface area contributed by atoms with E-state index in [0.717, 1.165) is 31.2 Å². The lowest BCUT2D eigenvalue weighted by Crippen LogP contribution is -2.68. The Labute approximate surface area is 208 Å². The van der Waals surface area contributed by atoms with Crippen molar-refractivity contribution in [2.75, 3.05) is 6.61 Å². The number of aliphatic hydroxyl groups is 1. The summed E-state index contributed by atoms with van der Waals surface area (Å²) in [7, 11) is 0. The number of aryl methyl sites for hydroxylation is 1. The molecule has 0 bridgehead atoms. The summed E-state index contributed by atoms with van der Waals surface area (Å²) < 4.78 is 125. The highest BCUT2D eigenvalue weighted by molar-refractivity contribution is 5.40. The topological polar surface area (TPSA) is 38.7 Å². The van der Waals surface area contributed by atoms with Gasteiger partial charge in [-0.25, -0.2) is 0 Å². The van der Waals surface area contributed by atoms with Crippen molar-refractivity contribution in [3.05, 3.63) is 29.3 Å². The van der Waals surface area contributed by atoms with Gasteiger partial charge in [0.1, 0.15) is 5.75 Å². The average Bonchev–Trinajstić information content (AvgIpc) is 3.16. The quantitative estimate of drug-likeness (QED) is 0.296. The van der Waals surface area contributed by atoms with E-state index in [9.17, 15) is 44.6 Å². The molecule has 0 saturated heterocycles. The first-order valence-electron chi connectivity index (χ1n) is 12.3. The van der Waals surface area contributed by atoms with Crippen LogP contribution in [0.4, 0.5) is 39.5 Å². The summed E-state index contributed by atoms with van der Waals surface area (Å²) >= 11 is 0. The lowest BCUT2D eigenvalue weighted by molar-refractivity contribution is -0.475. The Bertz CT molecular complexity index is 936. The second kappa shape index (κ2) is 9.50. The summed E-state index contributed by atoms with van der Waals surface area (Å²) in [5.74, 6) is 1.97. The van der Waals surface area contributed by atoms with Gasteiger partial charge in [0.25, 0.3) is 0 Å². The minimum Gasteiger partial charge on any atom is -0.493 e. The summed E-state index contributed by atoms with van der Waals surface area (Å²) in [6.45, 7) is 1.73. The molecule has 0 heterocycles. The molecule has 3 nitrogen and oxygen atoms in total. The van der Waals surface area contributed by atoms with Crippen LogP contribution in [-0.2, 0) is 11.2 Å². The van der Waals surface area contributed by atoms with Crippen molar-refractivity contribution in [2.45, 2.75) is 94.6 Å². The second-order valence-corrected chi connectivity index (χ2v) is 10.7. The van der Waals surface area contributed by atoms with Crippen molar-refractivity contribution in [1.82, 2.24) is 0 Å². The third-order valence-electron chi connectivity index (χ3n) is 8.62. The van der Waals surface area contributed by atoms with Crippen molar-refractivity contribution in [3.63, 3.8) is 0 Å². The van der Waals surface area contributed by atoms with Crippen LogP contribution in [0.1, 0.15) is 68.9 Å². The predicted octanol–water partition coefficient (Wildman–Crippen LogP) is 7.46. The van der Waals surface area contributed by atoms with E-state index in [4.69, 9.17) is 4.74 Å². The number of benzene rings is 1. The highest BCUT2D eigenvalue weighted by atomic mass is 19.4. The molecule has 3 aliphatic rings. The molecule has 1 aromatic rings. The fourth-order valence-electron chi connectivity index (χ4n) is 6.86. The lowest BCUT2D eigenvalue weighted by Gasteiger charge is -2.49. The molecular weight excluding hydrogens is 519 g/mol. The van der Waals surface area contributed by atoms with E-state index in [1.807, 2.05) is 6.07 Å². The molecule has 37 heavy (non-hydrogen) atoms. The predicted molar refractivity (Wildman–Crippen MR) is 114 cm³/mol. The number of hydrogen-bond donors (Lipinski definition) is 1. The average molecular weight is 548 g/mol. The summed E-state index contributed by atoms with van der Waals surface area (Å²) in [5, 5.41) is 9.57. The number of alkyl halides is 9. The molecular formula is C25H29F9O3. The van der Waals surface area contributed by atoms with Crippen molar-refractivity contribution in [3.8, 4) is 5.75 Å². The number of hydrogen-bond acceptors (Lipinski definition) is 3. The fraction of sp³-hybridized carbons (Fsp3) is 0.760. The molecule has 4 rings (SSSR count). The molecule has 1 unspecified atom stereocenters. The van der Waals surface area contributed by atoms with Crippen molar-refractivity contribution in [1.29, 1.82) is 0 Å². The number of aliphatic hydroxyl groups excluding tert-OH is 1. The van der Waals surface area contributed by atoms with Crippen LogP contribution in [0.5, 0.6) is 5.75 Å². The van der Waals surface area contributed by atoms with Gasteiger partial charge in [-0.15, -0.1) is 0 Å². The van der Waals surface area contributed by atoms with Gasteiger partial charge in [-0.05, 0) is 85.0 Å². The Balaban J connectivity index is 1.40. The zero-order valence-corrected chi connectivity index (χ0v) is 20.1. The molecule has 0 amide bonds. The highest BCUT2D eigenvalue weighted by Gasteiger charge is 2.86. The summed E-state index contributed by atoms with van der Waals surface area (Å²) in [6.07, 6.45) is -17.0. The summed E-state index contributed by atoms with van der Waals surface area (Å²) in [4.78, 5) is 0. The molecule has 12 heteroatoms. The van der Waals surface area contributed by atoms with E-state index in [1.165, 1.54) is 24.8 Å². The standard InChI is InChI=1S/C25H29F9O3/c1-21-10-2-3-19(21)18-6-4-14-13-15(5-7-16(14)17(18)8-11-21)36-12-9-20(35)37-22(23(26,27)28,24(29,30)31)25(32,33)34/h5,7,13,17-20,35H,2-4,6,8-12H2,1H3/t17-,18+,19+,20?,21+/m1/s1. The first kappa shape index (κ1) is 28.3. The van der Waals surface area contributed by atoms with Gasteiger partial charge in [0.05, 0.1) is 6.61 Å². The van der Waals surface area contributed by atoms with E-state index in [1.54, 1.807) is 12.1 Å². The van der Waals surface area contributed by atoms with Gasteiger partial charge in [0, 0.05) is 6.42 Å². The third-order valence-corrected chi connectivity index (χ3v) is 8.62. The second-order valence-electron chi connectivity index (χ2n) is 10.7. The Morgan fingerprint density at radius 2 is 1.59 bits per heavy atom. The van der Waals surface area contributed by atoms with Crippen LogP contribution in [-0.4, -0.2) is 42.1 Å². The van der Waals surface area contributed by atoms with Crippen molar-refractivity contribution < 1.29 is 54.1 Å². The fourth-order valence-corrected chi connectivity index (χ4v) is 6.86. The van der Waals surface area contributed by atoms with E-state index in [0.29, 0.717) is 23.2 Å². The minimum absolute atomic E-state index is 0.264. The largest absolute Gasteiger partial charge is 0.493 e. The number of ether oxygens (including phenoxy) is 2. The van der Waals surface area contributed by atoms with Gasteiger partial charge in [0.15, 0.2) is 6.29 Å². The molecule has 0 spiro atoms. The molecule has 0 aromatic heterocycles. The molecule has 1 aromatic carbocycles. The number of fused-ring (bicyclic) bond motifs is 5. The number of halogens is 9. The van der Waals surface area contributed by atoms with Crippen molar-refractivity contribution >= 4 is 0 Å². The lowest BCUT2D eigenvalue weighted by atomic mass is 9.56. The molecule has 0 radical (unpaired) electrons. The van der Waals surface area contributed by atoms with Crippen LogP contribution >= 0.6 is 0 Å². The van der Waals surface area contributed by atoms with Crippen molar-refractivity contribution in [2.24, 2.45) is 17.3 Å². The van der Waals surface area contributed by atoms with Crippen LogP contribution < -0.4 is 4.74 Å². The summed E-state index contributed by atoms with van der Waals surface area (Å²) in [5.41, 5.74) is -3.87. The zero-order chi connectivity index (χ0) is 27.4. The van der Waals surface area contributed by atoms with Crippen LogP contribution in [0.15, 0.2) is 18.2 Å².